The first-order chi connectivity index (χ1) is 15.3. The molecule has 7 nitrogen and oxygen atoms in total. The standard InChI is InChI=1S/C23H25NO6S2/c25-19(13-30-20(26)12-15-10-11-32(28,29)14-15)24-23-21(17-8-4-5-9-18(17)31-23)22(27)16-6-2-1-3-7-16/h1-3,6-7,15H,4-5,8-14H2,(H,24,25). The molecule has 1 atom stereocenters. The van der Waals surface area contributed by atoms with Crippen LogP contribution in [0.2, 0.25) is 0 Å². The van der Waals surface area contributed by atoms with Gasteiger partial charge in [-0.15, -0.1) is 11.3 Å². The number of carbonyl (C=O) groups is 3. The maximum Gasteiger partial charge on any atom is 0.306 e. The second-order valence-corrected chi connectivity index (χ2v) is 11.6. The zero-order valence-corrected chi connectivity index (χ0v) is 19.2. The van der Waals surface area contributed by atoms with Crippen molar-refractivity contribution in [3.05, 3.63) is 51.9 Å². The van der Waals surface area contributed by atoms with Gasteiger partial charge in [0.15, 0.2) is 22.2 Å². The van der Waals surface area contributed by atoms with Crippen LogP contribution in [0.4, 0.5) is 5.00 Å². The molecule has 2 heterocycles. The molecule has 4 rings (SSSR count). The Hall–Kier alpha value is -2.52. The van der Waals surface area contributed by atoms with Crippen molar-refractivity contribution in [1.29, 1.82) is 0 Å². The molecule has 1 aromatic heterocycles. The van der Waals surface area contributed by atoms with Crippen LogP contribution >= 0.6 is 11.3 Å². The number of aryl methyl sites for hydroxylation is 1. The molecule has 2 aromatic rings. The number of fused-ring (bicyclic) bond motifs is 1. The van der Waals surface area contributed by atoms with Gasteiger partial charge in [-0.05, 0) is 43.6 Å². The second kappa shape index (κ2) is 9.54. The number of nitrogens with one attached hydrogen (secondary N) is 1. The number of rotatable bonds is 7. The predicted octanol–water partition coefficient (Wildman–Crippen LogP) is 3.16. The van der Waals surface area contributed by atoms with Crippen LogP contribution in [0, 0.1) is 5.92 Å². The van der Waals surface area contributed by atoms with E-state index < -0.39 is 28.3 Å². The van der Waals surface area contributed by atoms with E-state index in [0.29, 0.717) is 22.5 Å². The fourth-order valence-corrected chi connectivity index (χ4v) is 7.43. The minimum Gasteiger partial charge on any atom is -0.456 e. The van der Waals surface area contributed by atoms with Gasteiger partial charge in [-0.25, -0.2) is 8.42 Å². The quantitative estimate of drug-likeness (QED) is 0.487. The zero-order valence-electron chi connectivity index (χ0n) is 17.6. The summed E-state index contributed by atoms with van der Waals surface area (Å²) < 4.78 is 28.1. The minimum absolute atomic E-state index is 0.0139. The Balaban J connectivity index is 1.42. The molecule has 1 fully saturated rings. The third kappa shape index (κ3) is 5.27. The van der Waals surface area contributed by atoms with Crippen molar-refractivity contribution in [3.8, 4) is 0 Å². The lowest BCUT2D eigenvalue weighted by atomic mass is 9.92. The van der Waals surface area contributed by atoms with Crippen LogP contribution in [-0.4, -0.2) is 44.2 Å². The van der Waals surface area contributed by atoms with Gasteiger partial charge in [0.2, 0.25) is 0 Å². The molecule has 9 heteroatoms. The minimum atomic E-state index is -3.07. The molecule has 1 amide bonds. The van der Waals surface area contributed by atoms with Crippen molar-refractivity contribution in [2.75, 3.05) is 23.4 Å². The maximum absolute atomic E-state index is 13.2. The number of carbonyl (C=O) groups excluding carboxylic acids is 3. The molecule has 32 heavy (non-hydrogen) atoms. The smallest absolute Gasteiger partial charge is 0.306 e. The van der Waals surface area contributed by atoms with Gasteiger partial charge in [0.25, 0.3) is 5.91 Å². The molecule has 0 radical (unpaired) electrons. The van der Waals surface area contributed by atoms with E-state index in [-0.39, 0.29) is 29.6 Å². The third-order valence-corrected chi connectivity index (χ3v) is 8.88. The molecule has 1 aliphatic heterocycles. The van der Waals surface area contributed by atoms with E-state index in [1.54, 1.807) is 24.3 Å². The van der Waals surface area contributed by atoms with Crippen LogP contribution in [0.1, 0.15) is 52.0 Å². The van der Waals surface area contributed by atoms with E-state index in [1.807, 2.05) is 6.07 Å². The van der Waals surface area contributed by atoms with Crippen molar-refractivity contribution in [2.45, 2.75) is 38.5 Å². The lowest BCUT2D eigenvalue weighted by Gasteiger charge is -2.13. The number of thiophene rings is 1. The summed E-state index contributed by atoms with van der Waals surface area (Å²) in [6.07, 6.45) is 4.15. The van der Waals surface area contributed by atoms with Gasteiger partial charge in [-0.2, -0.15) is 0 Å². The van der Waals surface area contributed by atoms with Gasteiger partial charge < -0.3 is 10.1 Å². The number of sulfone groups is 1. The molecule has 1 unspecified atom stereocenters. The highest BCUT2D eigenvalue weighted by Crippen LogP contribution is 2.39. The van der Waals surface area contributed by atoms with Crippen molar-refractivity contribution >= 4 is 43.8 Å². The van der Waals surface area contributed by atoms with Gasteiger partial charge >= 0.3 is 5.97 Å². The van der Waals surface area contributed by atoms with Gasteiger partial charge in [0.1, 0.15) is 5.00 Å². The van der Waals surface area contributed by atoms with E-state index in [0.717, 1.165) is 36.1 Å². The number of anilines is 1. The molecule has 1 aromatic carbocycles. The number of ether oxygens (including phenoxy) is 1. The Bertz CT molecular complexity index is 1140. The van der Waals surface area contributed by atoms with Crippen LogP contribution in [0.5, 0.6) is 0 Å². The number of hydrogen-bond acceptors (Lipinski definition) is 7. The molecule has 1 N–H and O–H groups in total. The number of ketones is 1. The largest absolute Gasteiger partial charge is 0.456 e. The second-order valence-electron chi connectivity index (χ2n) is 8.29. The Morgan fingerprint density at radius 1 is 1.09 bits per heavy atom. The predicted molar refractivity (Wildman–Crippen MR) is 122 cm³/mol. The monoisotopic (exact) mass is 475 g/mol. The average molecular weight is 476 g/mol. The Labute approximate surface area is 191 Å². The lowest BCUT2D eigenvalue weighted by Crippen LogP contribution is -2.23. The average Bonchev–Trinajstić information content (AvgIpc) is 3.31. The summed E-state index contributed by atoms with van der Waals surface area (Å²) in [6.45, 7) is -0.472. The van der Waals surface area contributed by atoms with Crippen LogP contribution < -0.4 is 5.32 Å². The van der Waals surface area contributed by atoms with Crippen molar-refractivity contribution in [3.63, 3.8) is 0 Å². The van der Waals surface area contributed by atoms with Gasteiger partial charge in [-0.3, -0.25) is 14.4 Å². The first kappa shape index (κ1) is 22.7. The van der Waals surface area contributed by atoms with E-state index in [2.05, 4.69) is 5.32 Å². The SMILES string of the molecule is O=C(COC(=O)CC1CCS(=O)(=O)C1)Nc1sc2c(c1C(=O)c1ccccc1)CCCC2. The zero-order chi connectivity index (χ0) is 22.7. The van der Waals surface area contributed by atoms with E-state index >= 15 is 0 Å². The molecule has 1 saturated heterocycles. The highest BCUT2D eigenvalue weighted by molar-refractivity contribution is 7.91. The molecular formula is C23H25NO6S2. The fraction of sp³-hybridized carbons (Fsp3) is 0.435. The number of esters is 1. The Morgan fingerprint density at radius 2 is 1.84 bits per heavy atom. The summed E-state index contributed by atoms with van der Waals surface area (Å²) in [5.41, 5.74) is 2.10. The summed E-state index contributed by atoms with van der Waals surface area (Å²) in [5, 5.41) is 3.26. The first-order valence-corrected chi connectivity index (χ1v) is 13.4. The number of benzene rings is 1. The Morgan fingerprint density at radius 3 is 2.56 bits per heavy atom. The van der Waals surface area contributed by atoms with Gasteiger partial charge in [-0.1, -0.05) is 30.3 Å². The van der Waals surface area contributed by atoms with E-state index in [9.17, 15) is 22.8 Å². The van der Waals surface area contributed by atoms with Crippen LogP contribution in [-0.2, 0) is 37.0 Å². The fourth-order valence-electron chi connectivity index (χ4n) is 4.26. The molecule has 0 saturated carbocycles. The highest BCUT2D eigenvalue weighted by Gasteiger charge is 2.30. The van der Waals surface area contributed by atoms with Gasteiger partial charge in [0.05, 0.1) is 17.1 Å². The highest BCUT2D eigenvalue weighted by atomic mass is 32.2. The molecule has 0 bridgehead atoms. The van der Waals surface area contributed by atoms with E-state index in [4.69, 9.17) is 4.74 Å². The first-order valence-electron chi connectivity index (χ1n) is 10.7. The van der Waals surface area contributed by atoms with Gasteiger partial charge in [0, 0.05) is 16.9 Å². The van der Waals surface area contributed by atoms with Crippen molar-refractivity contribution < 1.29 is 27.5 Å². The summed E-state index contributed by atoms with van der Waals surface area (Å²) in [5.74, 6) is -1.41. The number of amides is 1. The normalized spacial score (nSPS) is 19.2. The third-order valence-electron chi connectivity index (χ3n) is 5.83. The summed E-state index contributed by atoms with van der Waals surface area (Å²) in [4.78, 5) is 38.9. The van der Waals surface area contributed by atoms with Crippen molar-refractivity contribution in [2.24, 2.45) is 5.92 Å². The van der Waals surface area contributed by atoms with Crippen LogP contribution in [0.15, 0.2) is 30.3 Å². The molecule has 170 valence electrons. The van der Waals surface area contributed by atoms with Crippen LogP contribution in [0.3, 0.4) is 0 Å². The molecule has 0 spiro atoms. The molecular weight excluding hydrogens is 450 g/mol. The summed E-state index contributed by atoms with van der Waals surface area (Å²) in [6, 6.07) is 8.97. The Kier molecular flexibility index (Phi) is 6.76. The van der Waals surface area contributed by atoms with Crippen LogP contribution in [0.25, 0.3) is 0 Å². The summed E-state index contributed by atoms with van der Waals surface area (Å²) >= 11 is 1.41. The molecule has 2 aliphatic rings. The summed E-state index contributed by atoms with van der Waals surface area (Å²) in [7, 11) is -3.07. The van der Waals surface area contributed by atoms with Crippen molar-refractivity contribution in [1.82, 2.24) is 0 Å². The maximum atomic E-state index is 13.2. The van der Waals surface area contributed by atoms with E-state index in [1.165, 1.54) is 11.3 Å². The lowest BCUT2D eigenvalue weighted by molar-refractivity contribution is -0.148. The molecule has 1 aliphatic carbocycles. The topological polar surface area (TPSA) is 107 Å². The number of hydrogen-bond donors (Lipinski definition) is 1.